The number of ether oxygens (including phenoxy) is 1. The lowest BCUT2D eigenvalue weighted by Gasteiger charge is -2.23. The predicted molar refractivity (Wildman–Crippen MR) is 82.2 cm³/mol. The molecule has 4 heteroatoms. The average Bonchev–Trinajstić information content (AvgIpc) is 2.44. The zero-order valence-corrected chi connectivity index (χ0v) is 12.9. The van der Waals surface area contributed by atoms with Gasteiger partial charge in [-0.05, 0) is 49.2 Å². The van der Waals surface area contributed by atoms with Crippen LogP contribution in [0.5, 0.6) is 5.75 Å². The van der Waals surface area contributed by atoms with Crippen LogP contribution >= 0.6 is 0 Å². The van der Waals surface area contributed by atoms with Gasteiger partial charge in [0.2, 0.25) is 0 Å². The zero-order valence-electron chi connectivity index (χ0n) is 12.9. The van der Waals surface area contributed by atoms with Gasteiger partial charge in [0.05, 0.1) is 19.3 Å². The lowest BCUT2D eigenvalue weighted by atomic mass is 9.93. The van der Waals surface area contributed by atoms with E-state index in [-0.39, 0.29) is 11.9 Å². The minimum Gasteiger partial charge on any atom is -0.496 e. The maximum Gasteiger partial charge on any atom is 0.141 e. The zero-order chi connectivity index (χ0) is 15.4. The highest BCUT2D eigenvalue weighted by Crippen LogP contribution is 2.33. The van der Waals surface area contributed by atoms with Gasteiger partial charge in [-0.3, -0.25) is 4.98 Å². The molecule has 0 aliphatic heterocycles. The van der Waals surface area contributed by atoms with Gasteiger partial charge in [-0.15, -0.1) is 0 Å². The minimum atomic E-state index is -0.334. The second-order valence-electron chi connectivity index (χ2n) is 5.12. The van der Waals surface area contributed by atoms with Crippen molar-refractivity contribution in [3.63, 3.8) is 0 Å². The third-order valence-corrected chi connectivity index (χ3v) is 3.47. The van der Waals surface area contributed by atoms with Crippen LogP contribution in [-0.2, 0) is 0 Å². The molecule has 112 valence electrons. The summed E-state index contributed by atoms with van der Waals surface area (Å²) in [6.45, 7) is 6.86. The maximum atomic E-state index is 13.5. The highest BCUT2D eigenvalue weighted by atomic mass is 19.1. The summed E-state index contributed by atoms with van der Waals surface area (Å²) in [7, 11) is 1.66. The van der Waals surface area contributed by atoms with Crippen molar-refractivity contribution < 1.29 is 9.13 Å². The quantitative estimate of drug-likeness (QED) is 0.913. The van der Waals surface area contributed by atoms with Crippen molar-refractivity contribution in [2.45, 2.75) is 26.8 Å². The van der Waals surface area contributed by atoms with Gasteiger partial charge in [-0.1, -0.05) is 13.0 Å². The monoisotopic (exact) mass is 288 g/mol. The van der Waals surface area contributed by atoms with E-state index in [1.807, 2.05) is 26.8 Å². The summed E-state index contributed by atoms with van der Waals surface area (Å²) >= 11 is 0. The van der Waals surface area contributed by atoms with Gasteiger partial charge in [0.15, 0.2) is 0 Å². The minimum absolute atomic E-state index is 0.145. The first-order valence-electron chi connectivity index (χ1n) is 7.05. The SMILES string of the molecule is CCNC(c1cncc(F)c1)c1c(C)cc(C)cc1OC. The number of nitrogens with zero attached hydrogens (tertiary/aromatic N) is 1. The summed E-state index contributed by atoms with van der Waals surface area (Å²) in [5, 5.41) is 3.39. The van der Waals surface area contributed by atoms with Gasteiger partial charge in [0.1, 0.15) is 11.6 Å². The van der Waals surface area contributed by atoms with E-state index in [1.54, 1.807) is 13.3 Å². The summed E-state index contributed by atoms with van der Waals surface area (Å²) in [5.41, 5.74) is 4.07. The molecule has 0 amide bonds. The molecule has 21 heavy (non-hydrogen) atoms. The molecule has 0 radical (unpaired) electrons. The van der Waals surface area contributed by atoms with E-state index in [0.717, 1.165) is 34.5 Å². The Morgan fingerprint density at radius 1 is 1.24 bits per heavy atom. The highest BCUT2D eigenvalue weighted by molar-refractivity contribution is 5.48. The van der Waals surface area contributed by atoms with E-state index in [2.05, 4.69) is 16.4 Å². The van der Waals surface area contributed by atoms with Crippen molar-refractivity contribution >= 4 is 0 Å². The number of aryl methyl sites for hydroxylation is 2. The predicted octanol–water partition coefficient (Wildman–Crippen LogP) is 3.55. The van der Waals surface area contributed by atoms with Gasteiger partial charge < -0.3 is 10.1 Å². The van der Waals surface area contributed by atoms with Gasteiger partial charge >= 0.3 is 0 Å². The van der Waals surface area contributed by atoms with Crippen LogP contribution in [-0.4, -0.2) is 18.6 Å². The first kappa shape index (κ1) is 15.4. The Morgan fingerprint density at radius 3 is 2.62 bits per heavy atom. The van der Waals surface area contributed by atoms with Crippen molar-refractivity contribution in [1.82, 2.24) is 10.3 Å². The number of halogens is 1. The molecule has 1 unspecified atom stereocenters. The topological polar surface area (TPSA) is 34.2 Å². The molecule has 1 aromatic heterocycles. The molecule has 0 aliphatic carbocycles. The molecule has 3 nitrogen and oxygen atoms in total. The van der Waals surface area contributed by atoms with Crippen molar-refractivity contribution in [2.75, 3.05) is 13.7 Å². The molecule has 0 saturated heterocycles. The molecule has 0 fully saturated rings. The fourth-order valence-electron chi connectivity index (χ4n) is 2.66. The second-order valence-corrected chi connectivity index (χ2v) is 5.12. The van der Waals surface area contributed by atoms with Crippen LogP contribution in [0.25, 0.3) is 0 Å². The number of hydrogen-bond donors (Lipinski definition) is 1. The lowest BCUT2D eigenvalue weighted by Crippen LogP contribution is -2.23. The van der Waals surface area contributed by atoms with Gasteiger partial charge in [0, 0.05) is 11.8 Å². The summed E-state index contributed by atoms with van der Waals surface area (Å²) in [6.07, 6.45) is 2.90. The largest absolute Gasteiger partial charge is 0.496 e. The third kappa shape index (κ3) is 3.39. The van der Waals surface area contributed by atoms with Crippen molar-refractivity contribution in [3.05, 3.63) is 58.7 Å². The molecular weight excluding hydrogens is 267 g/mol. The molecule has 1 heterocycles. The molecule has 0 saturated carbocycles. The summed E-state index contributed by atoms with van der Waals surface area (Å²) in [5.74, 6) is 0.474. The van der Waals surface area contributed by atoms with E-state index >= 15 is 0 Å². The molecule has 1 atom stereocenters. The lowest BCUT2D eigenvalue weighted by molar-refractivity contribution is 0.403. The molecule has 0 bridgehead atoms. The number of benzene rings is 1. The average molecular weight is 288 g/mol. The Kier molecular flexibility index (Phi) is 4.91. The van der Waals surface area contributed by atoms with Crippen molar-refractivity contribution in [2.24, 2.45) is 0 Å². The smallest absolute Gasteiger partial charge is 0.141 e. The Hall–Kier alpha value is -1.94. The second kappa shape index (κ2) is 6.68. The Labute approximate surface area is 125 Å². The number of pyridine rings is 1. The number of methoxy groups -OCH3 is 1. The van der Waals surface area contributed by atoms with Crippen molar-refractivity contribution in [3.8, 4) is 5.75 Å². The first-order chi connectivity index (χ1) is 10.1. The maximum absolute atomic E-state index is 13.5. The fraction of sp³-hybridized carbons (Fsp3) is 0.353. The van der Waals surface area contributed by atoms with Crippen LogP contribution in [0.15, 0.2) is 30.6 Å². The first-order valence-corrected chi connectivity index (χ1v) is 7.05. The molecular formula is C17H21FN2O. The van der Waals surface area contributed by atoms with Crippen LogP contribution in [0.3, 0.4) is 0 Å². The van der Waals surface area contributed by atoms with Gasteiger partial charge in [0.25, 0.3) is 0 Å². The summed E-state index contributed by atoms with van der Waals surface area (Å²) in [4.78, 5) is 3.96. The molecule has 0 aliphatic rings. The molecule has 1 N–H and O–H groups in total. The Bertz CT molecular complexity index is 628. The van der Waals surface area contributed by atoms with Crippen LogP contribution in [0.2, 0.25) is 0 Å². The molecule has 0 spiro atoms. The molecule has 1 aromatic carbocycles. The van der Waals surface area contributed by atoms with Crippen LogP contribution in [0.1, 0.15) is 35.2 Å². The number of nitrogens with one attached hydrogen (secondary N) is 1. The van der Waals surface area contributed by atoms with Crippen molar-refractivity contribution in [1.29, 1.82) is 0 Å². The van der Waals surface area contributed by atoms with Crippen LogP contribution < -0.4 is 10.1 Å². The Balaban J connectivity index is 2.58. The van der Waals surface area contributed by atoms with Crippen LogP contribution in [0, 0.1) is 19.7 Å². The molecule has 2 aromatic rings. The van der Waals surface area contributed by atoms with Gasteiger partial charge in [-0.2, -0.15) is 0 Å². The van der Waals surface area contributed by atoms with E-state index in [9.17, 15) is 4.39 Å². The van der Waals surface area contributed by atoms with E-state index < -0.39 is 0 Å². The van der Waals surface area contributed by atoms with E-state index in [4.69, 9.17) is 4.74 Å². The highest BCUT2D eigenvalue weighted by Gasteiger charge is 2.21. The summed E-state index contributed by atoms with van der Waals surface area (Å²) in [6, 6.07) is 5.47. The summed E-state index contributed by atoms with van der Waals surface area (Å²) < 4.78 is 19.0. The van der Waals surface area contributed by atoms with E-state index in [0.29, 0.717) is 0 Å². The number of rotatable bonds is 5. The third-order valence-electron chi connectivity index (χ3n) is 3.47. The normalized spacial score (nSPS) is 12.2. The van der Waals surface area contributed by atoms with E-state index in [1.165, 1.54) is 12.3 Å². The number of aromatic nitrogens is 1. The van der Waals surface area contributed by atoms with Gasteiger partial charge in [-0.25, -0.2) is 4.39 Å². The Morgan fingerprint density at radius 2 is 2.00 bits per heavy atom. The number of hydrogen-bond acceptors (Lipinski definition) is 3. The molecule has 2 rings (SSSR count). The fourth-order valence-corrected chi connectivity index (χ4v) is 2.66. The van der Waals surface area contributed by atoms with Crippen LogP contribution in [0.4, 0.5) is 4.39 Å². The standard InChI is InChI=1S/C17H21FN2O/c1-5-20-17(13-8-14(18)10-19-9-13)16-12(3)6-11(2)7-15(16)21-4/h6-10,17,20H,5H2,1-4H3.